The number of imidazole rings is 1. The van der Waals surface area contributed by atoms with Crippen LogP contribution in [0.25, 0.3) is 16.9 Å². The zero-order valence-corrected chi connectivity index (χ0v) is 10.5. The molecule has 0 aliphatic rings. The number of carboxylic acid groups (broad SMARTS) is 1. The predicted octanol–water partition coefficient (Wildman–Crippen LogP) is 3.35. The molecule has 0 bridgehead atoms. The Balaban J connectivity index is 2.36. The average Bonchev–Trinajstić information content (AvgIpc) is 2.78. The van der Waals surface area contributed by atoms with Crippen molar-refractivity contribution in [1.82, 2.24) is 9.38 Å². The van der Waals surface area contributed by atoms with Crippen molar-refractivity contribution in [1.29, 1.82) is 0 Å². The molecule has 1 N–H and O–H groups in total. The van der Waals surface area contributed by atoms with Crippen LogP contribution in [0.15, 0.2) is 48.7 Å². The molecule has 0 radical (unpaired) electrons. The summed E-state index contributed by atoms with van der Waals surface area (Å²) < 4.78 is 1.49. The van der Waals surface area contributed by atoms with Crippen molar-refractivity contribution in [3.8, 4) is 11.3 Å². The van der Waals surface area contributed by atoms with Gasteiger partial charge in [-0.2, -0.15) is 0 Å². The highest BCUT2D eigenvalue weighted by Crippen LogP contribution is 2.25. The van der Waals surface area contributed by atoms with Crippen LogP contribution >= 0.6 is 11.6 Å². The van der Waals surface area contributed by atoms with Gasteiger partial charge in [-0.1, -0.05) is 41.9 Å². The Labute approximate surface area is 113 Å². The number of pyridine rings is 1. The molecule has 0 aliphatic heterocycles. The second-order valence-electron chi connectivity index (χ2n) is 4.06. The van der Waals surface area contributed by atoms with Crippen LogP contribution in [0.2, 0.25) is 5.02 Å². The van der Waals surface area contributed by atoms with Crippen LogP contribution in [0.4, 0.5) is 0 Å². The fraction of sp³-hybridized carbons (Fsp3) is 0. The number of fused-ring (bicyclic) bond motifs is 1. The summed E-state index contributed by atoms with van der Waals surface area (Å²) in [6.07, 6.45) is 1.56. The van der Waals surface area contributed by atoms with Gasteiger partial charge in [-0.05, 0) is 12.1 Å². The molecule has 0 saturated heterocycles. The molecule has 0 fully saturated rings. The van der Waals surface area contributed by atoms with Crippen LogP contribution in [0.3, 0.4) is 0 Å². The van der Waals surface area contributed by atoms with Crippen LogP contribution < -0.4 is 0 Å². The van der Waals surface area contributed by atoms with Crippen molar-refractivity contribution in [3.05, 3.63) is 59.4 Å². The number of rotatable bonds is 2. The molecule has 19 heavy (non-hydrogen) atoms. The van der Waals surface area contributed by atoms with E-state index in [-0.39, 0.29) is 5.69 Å². The third kappa shape index (κ3) is 1.96. The third-order valence-electron chi connectivity index (χ3n) is 2.83. The van der Waals surface area contributed by atoms with E-state index in [0.717, 1.165) is 5.56 Å². The lowest BCUT2D eigenvalue weighted by atomic mass is 10.1. The summed E-state index contributed by atoms with van der Waals surface area (Å²) in [6, 6.07) is 12.6. The maximum Gasteiger partial charge on any atom is 0.355 e. The molecular formula is C14H9ClN2O2. The zero-order valence-electron chi connectivity index (χ0n) is 9.75. The summed E-state index contributed by atoms with van der Waals surface area (Å²) in [6.45, 7) is 0. The molecule has 4 nitrogen and oxygen atoms in total. The van der Waals surface area contributed by atoms with Gasteiger partial charge in [0.25, 0.3) is 0 Å². The van der Waals surface area contributed by atoms with Gasteiger partial charge in [0.1, 0.15) is 11.3 Å². The lowest BCUT2D eigenvalue weighted by Gasteiger charge is -2.00. The fourth-order valence-electron chi connectivity index (χ4n) is 2.02. The molecule has 0 amide bonds. The molecule has 0 spiro atoms. The Hall–Kier alpha value is -2.33. The zero-order chi connectivity index (χ0) is 13.4. The Morgan fingerprint density at radius 3 is 2.58 bits per heavy atom. The number of carbonyl (C=O) groups is 1. The first-order chi connectivity index (χ1) is 9.16. The summed E-state index contributed by atoms with van der Waals surface area (Å²) >= 11 is 5.91. The van der Waals surface area contributed by atoms with E-state index >= 15 is 0 Å². The Morgan fingerprint density at radius 1 is 1.16 bits per heavy atom. The summed E-state index contributed by atoms with van der Waals surface area (Å²) in [7, 11) is 0. The number of aromatic carboxylic acids is 1. The minimum Gasteiger partial charge on any atom is -0.476 e. The van der Waals surface area contributed by atoms with E-state index < -0.39 is 5.97 Å². The molecule has 5 heteroatoms. The number of nitrogens with zero attached hydrogens (tertiary/aromatic N) is 2. The number of halogens is 1. The van der Waals surface area contributed by atoms with Gasteiger partial charge in [0.15, 0.2) is 5.69 Å². The normalized spacial score (nSPS) is 10.8. The second-order valence-corrected chi connectivity index (χ2v) is 4.49. The first kappa shape index (κ1) is 11.7. The van der Waals surface area contributed by atoms with E-state index in [2.05, 4.69) is 4.98 Å². The van der Waals surface area contributed by atoms with Crippen LogP contribution in [0.1, 0.15) is 10.5 Å². The monoisotopic (exact) mass is 272 g/mol. The summed E-state index contributed by atoms with van der Waals surface area (Å²) in [5, 5.41) is 9.87. The quantitative estimate of drug-likeness (QED) is 0.778. The smallest absolute Gasteiger partial charge is 0.355 e. The minimum absolute atomic E-state index is 0.115. The molecule has 0 unspecified atom stereocenters. The highest BCUT2D eigenvalue weighted by atomic mass is 35.5. The van der Waals surface area contributed by atoms with E-state index in [0.29, 0.717) is 16.4 Å². The number of benzene rings is 1. The van der Waals surface area contributed by atoms with Crippen molar-refractivity contribution in [2.75, 3.05) is 0 Å². The van der Waals surface area contributed by atoms with Gasteiger partial charge in [0.05, 0.1) is 5.02 Å². The molecule has 2 heterocycles. The predicted molar refractivity (Wildman–Crippen MR) is 72.6 cm³/mol. The number of carboxylic acids is 1. The molecule has 0 aliphatic carbocycles. The molecule has 94 valence electrons. The van der Waals surface area contributed by atoms with E-state index in [9.17, 15) is 9.90 Å². The Bertz CT molecular complexity index is 766. The van der Waals surface area contributed by atoms with Gasteiger partial charge in [-0.25, -0.2) is 9.78 Å². The molecular weight excluding hydrogens is 264 g/mol. The maximum atomic E-state index is 11.5. The van der Waals surface area contributed by atoms with Crippen molar-refractivity contribution in [2.45, 2.75) is 0 Å². The lowest BCUT2D eigenvalue weighted by Crippen LogP contribution is -2.03. The Kier molecular flexibility index (Phi) is 2.72. The highest BCUT2D eigenvalue weighted by molar-refractivity contribution is 6.30. The van der Waals surface area contributed by atoms with Gasteiger partial charge in [-0.15, -0.1) is 0 Å². The van der Waals surface area contributed by atoms with E-state index in [1.807, 2.05) is 30.3 Å². The van der Waals surface area contributed by atoms with Crippen molar-refractivity contribution >= 4 is 23.2 Å². The molecule has 0 saturated carbocycles. The van der Waals surface area contributed by atoms with Crippen LogP contribution in [-0.4, -0.2) is 20.5 Å². The highest BCUT2D eigenvalue weighted by Gasteiger charge is 2.19. The first-order valence-electron chi connectivity index (χ1n) is 5.63. The maximum absolute atomic E-state index is 11.5. The third-order valence-corrected chi connectivity index (χ3v) is 3.06. The SMILES string of the molecule is O=C(O)c1c(-c2ccccc2)nc2ccc(Cl)cn12. The van der Waals surface area contributed by atoms with E-state index in [1.54, 1.807) is 18.3 Å². The van der Waals surface area contributed by atoms with Gasteiger partial charge >= 0.3 is 5.97 Å². The van der Waals surface area contributed by atoms with E-state index in [1.165, 1.54) is 4.40 Å². The first-order valence-corrected chi connectivity index (χ1v) is 6.01. The molecule has 3 rings (SSSR count). The number of hydrogen-bond acceptors (Lipinski definition) is 2. The summed E-state index contributed by atoms with van der Waals surface area (Å²) in [5.41, 5.74) is 1.87. The van der Waals surface area contributed by atoms with E-state index in [4.69, 9.17) is 11.6 Å². The van der Waals surface area contributed by atoms with Crippen LogP contribution in [0.5, 0.6) is 0 Å². The largest absolute Gasteiger partial charge is 0.476 e. The fourth-order valence-corrected chi connectivity index (χ4v) is 2.18. The standard InChI is InChI=1S/C14H9ClN2O2/c15-10-6-7-11-16-12(9-4-2-1-3-5-9)13(14(18)19)17(11)8-10/h1-8H,(H,18,19). The Morgan fingerprint density at radius 2 is 1.89 bits per heavy atom. The second kappa shape index (κ2) is 4.40. The number of aromatic nitrogens is 2. The molecule has 3 aromatic rings. The summed E-state index contributed by atoms with van der Waals surface area (Å²) in [5.74, 6) is -1.03. The summed E-state index contributed by atoms with van der Waals surface area (Å²) in [4.78, 5) is 15.8. The van der Waals surface area contributed by atoms with Gasteiger partial charge in [0, 0.05) is 11.8 Å². The van der Waals surface area contributed by atoms with Gasteiger partial charge < -0.3 is 5.11 Å². The molecule has 1 aromatic carbocycles. The van der Waals surface area contributed by atoms with Crippen molar-refractivity contribution in [2.24, 2.45) is 0 Å². The molecule has 2 aromatic heterocycles. The van der Waals surface area contributed by atoms with Crippen LogP contribution in [0, 0.1) is 0 Å². The average molecular weight is 273 g/mol. The lowest BCUT2D eigenvalue weighted by molar-refractivity contribution is 0.0690. The van der Waals surface area contributed by atoms with Crippen molar-refractivity contribution < 1.29 is 9.90 Å². The number of hydrogen-bond donors (Lipinski definition) is 1. The van der Waals surface area contributed by atoms with Gasteiger partial charge in [-0.3, -0.25) is 4.40 Å². The van der Waals surface area contributed by atoms with Crippen molar-refractivity contribution in [3.63, 3.8) is 0 Å². The van der Waals surface area contributed by atoms with Gasteiger partial charge in [0.2, 0.25) is 0 Å². The molecule has 0 atom stereocenters. The topological polar surface area (TPSA) is 54.6 Å². The minimum atomic E-state index is -1.03. The van der Waals surface area contributed by atoms with Crippen LogP contribution in [-0.2, 0) is 0 Å².